The number of nitrogens with one attached hydrogen (secondary N) is 1. The van der Waals surface area contributed by atoms with Crippen molar-refractivity contribution in [2.45, 2.75) is 18.9 Å². The van der Waals surface area contributed by atoms with Crippen molar-refractivity contribution in [3.05, 3.63) is 59.7 Å². The summed E-state index contributed by atoms with van der Waals surface area (Å²) >= 11 is 0. The number of hydrogen-bond donors (Lipinski definition) is 2. The fourth-order valence-corrected chi connectivity index (χ4v) is 2.65. The number of unbranched alkanes of at least 4 members (excludes halogenated alkanes) is 1. The molecule has 0 aromatic heterocycles. The molecular formula is C17H20N2O. The van der Waals surface area contributed by atoms with Gasteiger partial charge < -0.3 is 15.8 Å². The van der Waals surface area contributed by atoms with E-state index in [1.165, 1.54) is 11.1 Å². The number of rotatable bonds is 5. The van der Waals surface area contributed by atoms with Gasteiger partial charge in [-0.2, -0.15) is 0 Å². The molecule has 0 fully saturated rings. The molecule has 0 aliphatic carbocycles. The summed E-state index contributed by atoms with van der Waals surface area (Å²) in [4.78, 5) is 0. The Hall–Kier alpha value is -1.84. The van der Waals surface area contributed by atoms with Crippen LogP contribution in [-0.4, -0.2) is 13.1 Å². The molecule has 1 aliphatic rings. The van der Waals surface area contributed by atoms with Gasteiger partial charge in [0.25, 0.3) is 0 Å². The Morgan fingerprint density at radius 3 is 2.10 bits per heavy atom. The van der Waals surface area contributed by atoms with Gasteiger partial charge in [0.2, 0.25) is 0 Å². The minimum atomic E-state index is 0.203. The average Bonchev–Trinajstić information content (AvgIpc) is 2.50. The molecule has 2 aromatic carbocycles. The fraction of sp³-hybridized carbons (Fsp3) is 0.294. The van der Waals surface area contributed by atoms with E-state index in [2.05, 4.69) is 29.6 Å². The monoisotopic (exact) mass is 268 g/mol. The molecule has 2 aromatic rings. The first-order valence-corrected chi connectivity index (χ1v) is 7.19. The third-order valence-corrected chi connectivity index (χ3v) is 3.66. The van der Waals surface area contributed by atoms with Crippen LogP contribution < -0.4 is 15.8 Å². The van der Waals surface area contributed by atoms with Crippen LogP contribution in [0.25, 0.3) is 0 Å². The van der Waals surface area contributed by atoms with Crippen LogP contribution >= 0.6 is 0 Å². The van der Waals surface area contributed by atoms with Gasteiger partial charge in [-0.25, -0.2) is 0 Å². The average molecular weight is 268 g/mol. The topological polar surface area (TPSA) is 47.3 Å². The third kappa shape index (κ3) is 2.55. The van der Waals surface area contributed by atoms with Gasteiger partial charge >= 0.3 is 0 Å². The largest absolute Gasteiger partial charge is 0.457 e. The zero-order chi connectivity index (χ0) is 13.8. The summed E-state index contributed by atoms with van der Waals surface area (Å²) in [6.07, 6.45) is 2.15. The van der Waals surface area contributed by atoms with Gasteiger partial charge in [-0.3, -0.25) is 0 Å². The van der Waals surface area contributed by atoms with Crippen molar-refractivity contribution in [2.75, 3.05) is 13.1 Å². The van der Waals surface area contributed by atoms with Crippen molar-refractivity contribution in [3.8, 4) is 11.5 Å². The molecule has 3 N–H and O–H groups in total. The maximum atomic E-state index is 5.98. The molecule has 0 atom stereocenters. The van der Waals surface area contributed by atoms with Gasteiger partial charge in [0, 0.05) is 11.1 Å². The molecule has 0 amide bonds. The van der Waals surface area contributed by atoms with Crippen molar-refractivity contribution in [1.82, 2.24) is 5.32 Å². The summed E-state index contributed by atoms with van der Waals surface area (Å²) in [5, 5.41) is 3.63. The third-order valence-electron chi connectivity index (χ3n) is 3.66. The second-order valence-corrected chi connectivity index (χ2v) is 5.06. The Balaban J connectivity index is 1.87. The number of nitrogens with two attached hydrogens (primary N) is 1. The van der Waals surface area contributed by atoms with Crippen molar-refractivity contribution < 1.29 is 4.74 Å². The molecule has 3 rings (SSSR count). The lowest BCUT2D eigenvalue weighted by Crippen LogP contribution is -2.26. The second kappa shape index (κ2) is 6.07. The smallest absolute Gasteiger partial charge is 0.132 e. The summed E-state index contributed by atoms with van der Waals surface area (Å²) < 4.78 is 5.98. The predicted molar refractivity (Wildman–Crippen MR) is 81.1 cm³/mol. The molecule has 0 radical (unpaired) electrons. The highest BCUT2D eigenvalue weighted by atomic mass is 16.5. The van der Waals surface area contributed by atoms with Crippen LogP contribution in [0.4, 0.5) is 0 Å². The summed E-state index contributed by atoms with van der Waals surface area (Å²) in [5.41, 5.74) is 7.97. The molecule has 1 aliphatic heterocycles. The maximum Gasteiger partial charge on any atom is 0.132 e. The molecular weight excluding hydrogens is 248 g/mol. The van der Waals surface area contributed by atoms with Gasteiger partial charge in [0.1, 0.15) is 11.5 Å². The maximum absolute atomic E-state index is 5.98. The van der Waals surface area contributed by atoms with Crippen LogP contribution in [-0.2, 0) is 0 Å². The number of ether oxygens (including phenoxy) is 1. The van der Waals surface area contributed by atoms with Crippen molar-refractivity contribution in [1.29, 1.82) is 0 Å². The van der Waals surface area contributed by atoms with Crippen LogP contribution in [0.15, 0.2) is 48.5 Å². The highest BCUT2D eigenvalue weighted by Crippen LogP contribution is 2.42. The van der Waals surface area contributed by atoms with Crippen LogP contribution in [0.3, 0.4) is 0 Å². The quantitative estimate of drug-likeness (QED) is 0.819. The Morgan fingerprint density at radius 2 is 1.50 bits per heavy atom. The Bertz CT molecular complexity index is 537. The van der Waals surface area contributed by atoms with Crippen LogP contribution in [0.5, 0.6) is 11.5 Å². The van der Waals surface area contributed by atoms with Crippen molar-refractivity contribution in [3.63, 3.8) is 0 Å². The summed E-state index contributed by atoms with van der Waals surface area (Å²) in [5.74, 6) is 1.89. The molecule has 0 saturated heterocycles. The first-order chi connectivity index (χ1) is 9.90. The lowest BCUT2D eigenvalue weighted by Gasteiger charge is -2.29. The highest BCUT2D eigenvalue weighted by Gasteiger charge is 2.25. The van der Waals surface area contributed by atoms with Gasteiger partial charge in [0.05, 0.1) is 6.04 Å². The lowest BCUT2D eigenvalue weighted by molar-refractivity contribution is 0.426. The summed E-state index contributed by atoms with van der Waals surface area (Å²) in [7, 11) is 0. The van der Waals surface area contributed by atoms with Crippen LogP contribution in [0, 0.1) is 0 Å². The molecule has 0 unspecified atom stereocenters. The Labute approximate surface area is 119 Å². The van der Waals surface area contributed by atoms with E-state index in [0.717, 1.165) is 37.4 Å². The summed E-state index contributed by atoms with van der Waals surface area (Å²) in [6.45, 7) is 1.72. The number of para-hydroxylation sites is 2. The molecule has 1 heterocycles. The minimum absolute atomic E-state index is 0.203. The van der Waals surface area contributed by atoms with E-state index in [-0.39, 0.29) is 6.04 Å². The van der Waals surface area contributed by atoms with Crippen LogP contribution in [0.2, 0.25) is 0 Å². The first kappa shape index (κ1) is 13.2. The zero-order valence-electron chi connectivity index (χ0n) is 11.5. The van der Waals surface area contributed by atoms with E-state index in [1.54, 1.807) is 0 Å². The SMILES string of the molecule is NCCCCNC1c2ccccc2Oc2ccccc21. The van der Waals surface area contributed by atoms with E-state index >= 15 is 0 Å². The number of fused-ring (bicyclic) bond motifs is 2. The number of benzene rings is 2. The molecule has 20 heavy (non-hydrogen) atoms. The zero-order valence-corrected chi connectivity index (χ0v) is 11.5. The van der Waals surface area contributed by atoms with Gasteiger partial charge in [0.15, 0.2) is 0 Å². The molecule has 0 bridgehead atoms. The predicted octanol–water partition coefficient (Wildman–Crippen LogP) is 3.21. The van der Waals surface area contributed by atoms with E-state index in [1.807, 2.05) is 24.3 Å². The molecule has 104 valence electrons. The first-order valence-electron chi connectivity index (χ1n) is 7.19. The Kier molecular flexibility index (Phi) is 4.00. The normalized spacial score (nSPS) is 13.4. The van der Waals surface area contributed by atoms with Gasteiger partial charge in [-0.05, 0) is 38.1 Å². The highest BCUT2D eigenvalue weighted by molar-refractivity contribution is 5.52. The number of hydrogen-bond acceptors (Lipinski definition) is 3. The minimum Gasteiger partial charge on any atom is -0.457 e. The molecule has 3 heteroatoms. The van der Waals surface area contributed by atoms with E-state index < -0.39 is 0 Å². The van der Waals surface area contributed by atoms with E-state index in [4.69, 9.17) is 10.5 Å². The van der Waals surface area contributed by atoms with Crippen LogP contribution in [0.1, 0.15) is 30.0 Å². The standard InChI is InChI=1S/C17H20N2O/c18-11-5-6-12-19-17-13-7-1-3-9-15(13)20-16-10-4-2-8-14(16)17/h1-4,7-10,17,19H,5-6,11-12,18H2. The summed E-state index contributed by atoms with van der Waals surface area (Å²) in [6, 6.07) is 16.7. The molecule has 0 saturated carbocycles. The molecule has 3 nitrogen and oxygen atoms in total. The lowest BCUT2D eigenvalue weighted by atomic mass is 9.94. The second-order valence-electron chi connectivity index (χ2n) is 5.06. The Morgan fingerprint density at radius 1 is 0.900 bits per heavy atom. The van der Waals surface area contributed by atoms with Gasteiger partial charge in [-0.1, -0.05) is 36.4 Å². The van der Waals surface area contributed by atoms with Crippen molar-refractivity contribution in [2.24, 2.45) is 5.73 Å². The fourth-order valence-electron chi connectivity index (χ4n) is 2.65. The van der Waals surface area contributed by atoms with E-state index in [0.29, 0.717) is 0 Å². The van der Waals surface area contributed by atoms with Crippen molar-refractivity contribution >= 4 is 0 Å². The van der Waals surface area contributed by atoms with E-state index in [9.17, 15) is 0 Å². The van der Waals surface area contributed by atoms with Gasteiger partial charge in [-0.15, -0.1) is 0 Å². The molecule has 0 spiro atoms.